The van der Waals surface area contributed by atoms with E-state index in [1.54, 1.807) is 0 Å². The maximum atomic E-state index is 11.9. The van der Waals surface area contributed by atoms with Crippen molar-refractivity contribution < 1.29 is 4.79 Å². The zero-order valence-corrected chi connectivity index (χ0v) is 11.4. The first-order valence-corrected chi connectivity index (χ1v) is 6.78. The van der Waals surface area contributed by atoms with Crippen LogP contribution in [0, 0.1) is 0 Å². The van der Waals surface area contributed by atoms with Gasteiger partial charge in [0.05, 0.1) is 11.6 Å². The number of halogens is 2. The van der Waals surface area contributed by atoms with Crippen molar-refractivity contribution in [1.29, 1.82) is 0 Å². The van der Waals surface area contributed by atoms with Crippen LogP contribution in [0.25, 0.3) is 0 Å². The van der Waals surface area contributed by atoms with E-state index >= 15 is 0 Å². The number of rotatable bonds is 1. The Morgan fingerprint density at radius 2 is 2.12 bits per heavy atom. The Morgan fingerprint density at radius 1 is 1.35 bits per heavy atom. The summed E-state index contributed by atoms with van der Waals surface area (Å²) in [7, 11) is 0. The molecule has 90 valence electrons. The molecule has 2 aliphatic rings. The van der Waals surface area contributed by atoms with Gasteiger partial charge in [0.15, 0.2) is 0 Å². The molecule has 1 heterocycles. The van der Waals surface area contributed by atoms with E-state index < -0.39 is 0 Å². The molecule has 2 N–H and O–H groups in total. The van der Waals surface area contributed by atoms with E-state index in [1.165, 1.54) is 0 Å². The lowest BCUT2D eigenvalue weighted by atomic mass is 10.0. The molecule has 1 amide bonds. The predicted molar refractivity (Wildman–Crippen MR) is 70.0 cm³/mol. The lowest BCUT2D eigenvalue weighted by molar-refractivity contribution is -0.126. The largest absolute Gasteiger partial charge is 0.346 e. The van der Waals surface area contributed by atoms with Crippen LogP contribution in [0.15, 0.2) is 22.7 Å². The summed E-state index contributed by atoms with van der Waals surface area (Å²) in [5, 5.41) is 7.07. The van der Waals surface area contributed by atoms with Crippen molar-refractivity contribution in [2.75, 3.05) is 6.54 Å². The highest BCUT2D eigenvalue weighted by Gasteiger charge is 2.52. The van der Waals surface area contributed by atoms with Gasteiger partial charge in [-0.1, -0.05) is 27.5 Å². The number of piperazine rings is 1. The smallest absolute Gasteiger partial charge is 0.240 e. The fraction of sp³-hybridized carbons (Fsp3) is 0.417. The Labute approximate surface area is 113 Å². The first-order chi connectivity index (χ1) is 8.09. The Balaban J connectivity index is 1.83. The minimum atomic E-state index is -0.258. The average Bonchev–Trinajstić information content (AvgIpc) is 3.02. The molecule has 1 atom stereocenters. The van der Waals surface area contributed by atoms with E-state index in [2.05, 4.69) is 26.6 Å². The molecular weight excluding hydrogens is 304 g/mol. The van der Waals surface area contributed by atoms with E-state index in [9.17, 15) is 4.79 Å². The van der Waals surface area contributed by atoms with Crippen LogP contribution >= 0.6 is 27.5 Å². The van der Waals surface area contributed by atoms with Crippen molar-refractivity contribution in [3.63, 3.8) is 0 Å². The first kappa shape index (κ1) is 11.5. The third-order valence-electron chi connectivity index (χ3n) is 3.42. The predicted octanol–water partition coefficient (Wildman–Crippen LogP) is 2.40. The normalized spacial score (nSPS) is 25.8. The molecule has 3 rings (SSSR count). The van der Waals surface area contributed by atoms with Crippen LogP contribution in [-0.2, 0) is 4.79 Å². The molecule has 1 spiro atoms. The van der Waals surface area contributed by atoms with Crippen LogP contribution in [0.2, 0.25) is 5.02 Å². The zero-order chi connectivity index (χ0) is 12.0. The minimum Gasteiger partial charge on any atom is -0.346 e. The highest BCUT2D eigenvalue weighted by atomic mass is 79.9. The lowest BCUT2D eigenvalue weighted by Crippen LogP contribution is -2.56. The van der Waals surface area contributed by atoms with Crippen molar-refractivity contribution >= 4 is 33.4 Å². The van der Waals surface area contributed by atoms with Crippen LogP contribution in [0.3, 0.4) is 0 Å². The molecule has 17 heavy (non-hydrogen) atoms. The summed E-state index contributed by atoms with van der Waals surface area (Å²) in [5.74, 6) is 0.116. The number of nitrogens with one attached hydrogen (secondary N) is 2. The Bertz CT molecular complexity index is 467. The standard InChI is InChI=1S/C12H12BrClN2O/c13-8-3-7(4-9(14)5-8)10-6-15-12(1-2-12)11(17)16-10/h3-5,10,15H,1-2,6H2,(H,16,17). The number of carbonyl (C=O) groups excluding carboxylic acids is 1. The Hall–Kier alpha value is -0.580. The van der Waals surface area contributed by atoms with Gasteiger partial charge in [0, 0.05) is 16.0 Å². The van der Waals surface area contributed by atoms with Crippen LogP contribution in [0.4, 0.5) is 0 Å². The molecule has 3 nitrogen and oxygen atoms in total. The summed E-state index contributed by atoms with van der Waals surface area (Å²) in [6, 6.07) is 5.72. The van der Waals surface area contributed by atoms with Crippen LogP contribution in [0.1, 0.15) is 24.4 Å². The van der Waals surface area contributed by atoms with Gasteiger partial charge >= 0.3 is 0 Å². The van der Waals surface area contributed by atoms with Gasteiger partial charge < -0.3 is 10.6 Å². The second kappa shape index (κ2) is 3.97. The molecule has 1 aliphatic carbocycles. The number of amides is 1. The van der Waals surface area contributed by atoms with Crippen molar-refractivity contribution in [2.24, 2.45) is 0 Å². The summed E-state index contributed by atoms with van der Waals surface area (Å²) >= 11 is 9.42. The number of benzene rings is 1. The minimum absolute atomic E-state index is 0.00345. The van der Waals surface area contributed by atoms with E-state index in [0.29, 0.717) is 5.02 Å². The molecule has 1 aliphatic heterocycles. The molecule has 1 saturated heterocycles. The second-order valence-corrected chi connectivity index (χ2v) is 6.04. The van der Waals surface area contributed by atoms with Crippen LogP contribution in [0.5, 0.6) is 0 Å². The highest BCUT2D eigenvalue weighted by molar-refractivity contribution is 9.10. The molecule has 0 bridgehead atoms. The van der Waals surface area contributed by atoms with E-state index in [4.69, 9.17) is 11.6 Å². The SMILES string of the molecule is O=C1NC(c2cc(Cl)cc(Br)c2)CNC12CC2. The van der Waals surface area contributed by atoms with Gasteiger partial charge in [-0.05, 0) is 36.6 Å². The topological polar surface area (TPSA) is 41.1 Å². The molecule has 1 saturated carbocycles. The van der Waals surface area contributed by atoms with Gasteiger partial charge in [-0.3, -0.25) is 4.79 Å². The average molecular weight is 316 g/mol. The quantitative estimate of drug-likeness (QED) is 0.835. The fourth-order valence-electron chi connectivity index (χ4n) is 2.23. The Kier molecular flexibility index (Phi) is 2.69. The van der Waals surface area contributed by atoms with E-state index in [1.807, 2.05) is 18.2 Å². The van der Waals surface area contributed by atoms with E-state index in [0.717, 1.165) is 29.4 Å². The maximum absolute atomic E-state index is 11.9. The molecule has 5 heteroatoms. The van der Waals surface area contributed by atoms with Crippen molar-refractivity contribution in [2.45, 2.75) is 24.4 Å². The number of carbonyl (C=O) groups is 1. The van der Waals surface area contributed by atoms with Gasteiger partial charge in [-0.15, -0.1) is 0 Å². The number of hydrogen-bond acceptors (Lipinski definition) is 2. The summed E-state index contributed by atoms with van der Waals surface area (Å²) in [6.07, 6.45) is 1.90. The van der Waals surface area contributed by atoms with E-state index in [-0.39, 0.29) is 17.5 Å². The zero-order valence-electron chi connectivity index (χ0n) is 9.09. The number of hydrogen-bond donors (Lipinski definition) is 2. The highest BCUT2D eigenvalue weighted by Crippen LogP contribution is 2.39. The molecule has 0 radical (unpaired) electrons. The van der Waals surface area contributed by atoms with Gasteiger partial charge in [-0.2, -0.15) is 0 Å². The monoisotopic (exact) mass is 314 g/mol. The van der Waals surface area contributed by atoms with Gasteiger partial charge in [0.2, 0.25) is 5.91 Å². The van der Waals surface area contributed by atoms with Crippen molar-refractivity contribution in [3.8, 4) is 0 Å². The Morgan fingerprint density at radius 3 is 2.71 bits per heavy atom. The van der Waals surface area contributed by atoms with Gasteiger partial charge in [-0.25, -0.2) is 0 Å². The molecule has 1 aromatic rings. The lowest BCUT2D eigenvalue weighted by Gasteiger charge is -2.31. The van der Waals surface area contributed by atoms with Crippen molar-refractivity contribution in [3.05, 3.63) is 33.3 Å². The van der Waals surface area contributed by atoms with Gasteiger partial charge in [0.25, 0.3) is 0 Å². The van der Waals surface area contributed by atoms with Crippen LogP contribution < -0.4 is 10.6 Å². The van der Waals surface area contributed by atoms with Crippen molar-refractivity contribution in [1.82, 2.24) is 10.6 Å². The second-order valence-electron chi connectivity index (χ2n) is 4.69. The summed E-state index contributed by atoms with van der Waals surface area (Å²) < 4.78 is 0.931. The summed E-state index contributed by atoms with van der Waals surface area (Å²) in [4.78, 5) is 11.9. The molecular formula is C12H12BrClN2O. The molecule has 0 aromatic heterocycles. The van der Waals surface area contributed by atoms with Gasteiger partial charge in [0.1, 0.15) is 0 Å². The van der Waals surface area contributed by atoms with Crippen LogP contribution in [-0.4, -0.2) is 18.0 Å². The third kappa shape index (κ3) is 2.09. The first-order valence-electron chi connectivity index (χ1n) is 5.61. The summed E-state index contributed by atoms with van der Waals surface area (Å²) in [5.41, 5.74) is 0.771. The molecule has 2 fully saturated rings. The summed E-state index contributed by atoms with van der Waals surface area (Å²) in [6.45, 7) is 0.762. The molecule has 1 unspecified atom stereocenters. The third-order valence-corrected chi connectivity index (χ3v) is 4.10. The molecule has 1 aromatic carbocycles. The maximum Gasteiger partial charge on any atom is 0.240 e. The fourth-order valence-corrected chi connectivity index (χ4v) is 3.12.